The van der Waals surface area contributed by atoms with E-state index < -0.39 is 4.92 Å². The summed E-state index contributed by atoms with van der Waals surface area (Å²) in [7, 11) is 0. The predicted molar refractivity (Wildman–Crippen MR) is 120 cm³/mol. The summed E-state index contributed by atoms with van der Waals surface area (Å²) < 4.78 is 14.7. The maximum absolute atomic E-state index is 10.9. The van der Waals surface area contributed by atoms with Crippen LogP contribution in [0.2, 0.25) is 5.02 Å². The van der Waals surface area contributed by atoms with Crippen LogP contribution in [0.5, 0.6) is 11.5 Å². The number of halogens is 1. The molecule has 10 heteroatoms. The molecule has 5 rings (SSSR count). The topological polar surface area (TPSA) is 85.6 Å². The van der Waals surface area contributed by atoms with Crippen molar-refractivity contribution in [2.75, 3.05) is 26.2 Å². The SMILES string of the molecule is O=[N+]([O-])c1ccc2c(c1)OCC(CN1CCC(n3c(=S)[nH]c4cc(Cl)ccc43)CC1)O2. The number of nitro groups is 1. The lowest BCUT2D eigenvalue weighted by atomic mass is 10.0. The van der Waals surface area contributed by atoms with Crippen LogP contribution in [0.15, 0.2) is 36.4 Å². The maximum atomic E-state index is 10.9. The third-order valence-corrected chi connectivity index (χ3v) is 6.45. The number of non-ortho nitro benzene ring substituents is 1. The molecule has 0 amide bonds. The van der Waals surface area contributed by atoms with Gasteiger partial charge < -0.3 is 19.0 Å². The molecule has 1 atom stereocenters. The number of hydrogen-bond acceptors (Lipinski definition) is 6. The zero-order valence-electron chi connectivity index (χ0n) is 16.6. The molecule has 1 unspecified atom stereocenters. The molecule has 0 spiro atoms. The van der Waals surface area contributed by atoms with E-state index in [1.54, 1.807) is 6.07 Å². The fourth-order valence-electron chi connectivity index (χ4n) is 4.42. The Morgan fingerprint density at radius 1 is 1.19 bits per heavy atom. The molecular weight excluding hydrogens is 440 g/mol. The van der Waals surface area contributed by atoms with E-state index >= 15 is 0 Å². The molecule has 1 aromatic heterocycles. The fourth-order valence-corrected chi connectivity index (χ4v) is 4.95. The molecule has 162 valence electrons. The second-order valence-corrected chi connectivity index (χ2v) is 8.76. The number of likely N-dealkylation sites (tertiary alicyclic amines) is 1. The smallest absolute Gasteiger partial charge is 0.273 e. The van der Waals surface area contributed by atoms with Crippen LogP contribution in [-0.4, -0.2) is 51.7 Å². The monoisotopic (exact) mass is 460 g/mol. The molecule has 1 saturated heterocycles. The number of fused-ring (bicyclic) bond motifs is 2. The molecule has 0 bridgehead atoms. The summed E-state index contributed by atoms with van der Waals surface area (Å²) in [4.78, 5) is 16.1. The van der Waals surface area contributed by atoms with Crippen LogP contribution >= 0.6 is 23.8 Å². The van der Waals surface area contributed by atoms with Gasteiger partial charge in [0.1, 0.15) is 12.7 Å². The summed E-state index contributed by atoms with van der Waals surface area (Å²) in [6.45, 7) is 2.99. The first-order valence-electron chi connectivity index (χ1n) is 10.2. The van der Waals surface area contributed by atoms with Crippen LogP contribution in [-0.2, 0) is 0 Å². The van der Waals surface area contributed by atoms with Crippen molar-refractivity contribution in [2.24, 2.45) is 0 Å². The molecule has 1 N–H and O–H groups in total. The first-order chi connectivity index (χ1) is 15.0. The molecule has 0 saturated carbocycles. The molecule has 3 heterocycles. The van der Waals surface area contributed by atoms with E-state index in [9.17, 15) is 10.1 Å². The Bertz CT molecular complexity index is 1200. The number of nitrogens with one attached hydrogen (secondary N) is 1. The summed E-state index contributed by atoms with van der Waals surface area (Å²) in [5.74, 6) is 0.985. The van der Waals surface area contributed by atoms with Crippen molar-refractivity contribution in [3.63, 3.8) is 0 Å². The molecule has 1 fully saturated rings. The van der Waals surface area contributed by atoms with Crippen molar-refractivity contribution in [2.45, 2.75) is 25.0 Å². The number of aromatic amines is 1. The number of hydrogen-bond donors (Lipinski definition) is 1. The van der Waals surface area contributed by atoms with E-state index in [-0.39, 0.29) is 11.8 Å². The summed E-state index contributed by atoms with van der Waals surface area (Å²) >= 11 is 11.7. The summed E-state index contributed by atoms with van der Waals surface area (Å²) in [5, 5.41) is 11.6. The van der Waals surface area contributed by atoms with Gasteiger partial charge in [-0.05, 0) is 49.3 Å². The molecule has 2 aromatic carbocycles. The lowest BCUT2D eigenvalue weighted by Gasteiger charge is -2.36. The number of imidazole rings is 1. The van der Waals surface area contributed by atoms with Gasteiger partial charge in [-0.3, -0.25) is 15.0 Å². The van der Waals surface area contributed by atoms with Gasteiger partial charge in [0.2, 0.25) is 0 Å². The van der Waals surface area contributed by atoms with Crippen LogP contribution in [0.4, 0.5) is 5.69 Å². The second-order valence-electron chi connectivity index (χ2n) is 7.93. The van der Waals surface area contributed by atoms with Crippen molar-refractivity contribution in [3.8, 4) is 11.5 Å². The molecule has 31 heavy (non-hydrogen) atoms. The average Bonchev–Trinajstić information content (AvgIpc) is 3.08. The lowest BCUT2D eigenvalue weighted by molar-refractivity contribution is -0.385. The Labute approximate surface area is 188 Å². The minimum absolute atomic E-state index is 0.000958. The second kappa shape index (κ2) is 8.14. The van der Waals surface area contributed by atoms with E-state index in [0.717, 1.165) is 48.3 Å². The van der Waals surface area contributed by atoms with Gasteiger partial charge in [0.05, 0.1) is 22.0 Å². The number of aromatic nitrogens is 2. The highest BCUT2D eigenvalue weighted by Gasteiger charge is 2.28. The molecular formula is C21H21ClN4O4S. The van der Waals surface area contributed by atoms with Crippen LogP contribution < -0.4 is 9.47 Å². The van der Waals surface area contributed by atoms with Gasteiger partial charge in [0.25, 0.3) is 5.69 Å². The van der Waals surface area contributed by atoms with Gasteiger partial charge >= 0.3 is 0 Å². The van der Waals surface area contributed by atoms with Crippen LogP contribution in [0.3, 0.4) is 0 Å². The van der Waals surface area contributed by atoms with Gasteiger partial charge in [0.15, 0.2) is 16.3 Å². The summed E-state index contributed by atoms with van der Waals surface area (Å²) in [5.41, 5.74) is 2.05. The van der Waals surface area contributed by atoms with Crippen LogP contribution in [0.1, 0.15) is 18.9 Å². The Hall–Kier alpha value is -2.62. The van der Waals surface area contributed by atoms with Crippen LogP contribution in [0, 0.1) is 14.9 Å². The molecule has 0 radical (unpaired) electrons. The molecule has 2 aliphatic heterocycles. The summed E-state index contributed by atoms with van der Waals surface area (Å²) in [6, 6.07) is 10.6. The zero-order valence-corrected chi connectivity index (χ0v) is 18.2. The Kier molecular flexibility index (Phi) is 5.33. The zero-order chi connectivity index (χ0) is 21.5. The Balaban J connectivity index is 1.22. The normalized spacial score (nSPS) is 19.6. The highest BCUT2D eigenvalue weighted by molar-refractivity contribution is 7.71. The lowest BCUT2D eigenvalue weighted by Crippen LogP contribution is -2.44. The quantitative estimate of drug-likeness (QED) is 0.344. The molecule has 0 aliphatic carbocycles. The van der Waals surface area contributed by atoms with Crippen molar-refractivity contribution >= 4 is 40.5 Å². The largest absolute Gasteiger partial charge is 0.486 e. The predicted octanol–water partition coefficient (Wildman–Crippen LogP) is 4.74. The van der Waals surface area contributed by atoms with Gasteiger partial charge in [-0.1, -0.05) is 11.6 Å². The first-order valence-corrected chi connectivity index (χ1v) is 11.0. The highest BCUT2D eigenvalue weighted by atomic mass is 35.5. The van der Waals surface area contributed by atoms with Crippen molar-refractivity contribution in [1.82, 2.24) is 14.5 Å². The van der Waals surface area contributed by atoms with Gasteiger partial charge in [0, 0.05) is 36.8 Å². The Morgan fingerprint density at radius 3 is 2.77 bits per heavy atom. The number of nitrogens with zero attached hydrogens (tertiary/aromatic N) is 3. The minimum Gasteiger partial charge on any atom is -0.486 e. The number of ether oxygens (including phenoxy) is 2. The fraction of sp³-hybridized carbons (Fsp3) is 0.381. The van der Waals surface area contributed by atoms with E-state index in [4.69, 9.17) is 33.3 Å². The third-order valence-electron chi connectivity index (χ3n) is 5.92. The van der Waals surface area contributed by atoms with Gasteiger partial charge in [-0.25, -0.2) is 0 Å². The third kappa shape index (κ3) is 4.00. The average molecular weight is 461 g/mol. The molecule has 8 nitrogen and oxygen atoms in total. The van der Waals surface area contributed by atoms with Gasteiger partial charge in [-0.2, -0.15) is 0 Å². The van der Waals surface area contributed by atoms with E-state index in [1.165, 1.54) is 12.1 Å². The van der Waals surface area contributed by atoms with E-state index in [2.05, 4.69) is 14.5 Å². The molecule has 3 aromatic rings. The number of benzene rings is 2. The number of nitro benzene ring substituents is 1. The highest BCUT2D eigenvalue weighted by Crippen LogP contribution is 2.35. The summed E-state index contributed by atoms with van der Waals surface area (Å²) in [6.07, 6.45) is 1.86. The number of H-pyrrole nitrogens is 1. The standard InChI is InChI=1S/C21H21ClN4O4S/c22-13-1-3-18-17(9-13)23-21(31)25(18)14-5-7-24(8-6-14)11-16-12-29-20-10-15(26(27)28)2-4-19(20)30-16/h1-4,9-10,14,16H,5-8,11-12H2,(H,23,31). The number of rotatable bonds is 4. The van der Waals surface area contributed by atoms with E-state index in [1.807, 2.05) is 18.2 Å². The van der Waals surface area contributed by atoms with Crippen molar-refractivity contribution < 1.29 is 14.4 Å². The van der Waals surface area contributed by atoms with E-state index in [0.29, 0.717) is 29.2 Å². The number of piperidine rings is 1. The first kappa shape index (κ1) is 20.3. The van der Waals surface area contributed by atoms with Crippen LogP contribution in [0.25, 0.3) is 11.0 Å². The molecule has 2 aliphatic rings. The van der Waals surface area contributed by atoms with Crippen molar-refractivity contribution in [1.29, 1.82) is 0 Å². The maximum Gasteiger partial charge on any atom is 0.273 e. The van der Waals surface area contributed by atoms with Crippen molar-refractivity contribution in [3.05, 3.63) is 56.3 Å². The van der Waals surface area contributed by atoms with Gasteiger partial charge in [-0.15, -0.1) is 0 Å². The Morgan fingerprint density at radius 2 is 2.00 bits per heavy atom. The minimum atomic E-state index is -0.436.